The molecule has 134 valence electrons. The number of nitrogens with one attached hydrogen (secondary N) is 1. The van der Waals surface area contributed by atoms with Gasteiger partial charge in [0.2, 0.25) is 0 Å². The maximum Gasteiger partial charge on any atom is 0.184 e. The van der Waals surface area contributed by atoms with E-state index < -0.39 is 0 Å². The first kappa shape index (κ1) is 16.1. The van der Waals surface area contributed by atoms with Crippen molar-refractivity contribution in [3.8, 4) is 22.6 Å². The van der Waals surface area contributed by atoms with Crippen molar-refractivity contribution in [1.29, 1.82) is 0 Å². The summed E-state index contributed by atoms with van der Waals surface area (Å²) < 4.78 is 12.6. The minimum atomic E-state index is 0.586. The zero-order chi connectivity index (χ0) is 18.1. The molecule has 2 aromatic carbocycles. The molecule has 0 fully saturated rings. The highest BCUT2D eigenvalue weighted by molar-refractivity contribution is 7.22. The molecule has 0 saturated heterocycles. The van der Waals surface area contributed by atoms with Gasteiger partial charge in [-0.05, 0) is 41.5 Å². The summed E-state index contributed by atoms with van der Waals surface area (Å²) in [5.41, 5.74) is 4.39. The maximum atomic E-state index is 5.78. The number of hydrogen-bond donors (Lipinski definition) is 1. The standard InChI is InChI=1S/C21H17N3O2S/c1-2-16(20-18(3-1)25-10-11-26-20)13-23-21-24-17-5-4-15(12-19(17)27-21)14-6-8-22-9-7-14/h1-9,12H,10-11,13H2,(H,23,24). The van der Waals surface area contributed by atoms with Gasteiger partial charge >= 0.3 is 0 Å². The SMILES string of the molecule is c1cc(CNc2nc3ccc(-c4ccncc4)cc3s2)c2c(c1)OCCO2. The average Bonchev–Trinajstić information content (AvgIpc) is 3.15. The molecule has 5 rings (SSSR count). The third-order valence-electron chi connectivity index (χ3n) is 4.48. The van der Waals surface area contributed by atoms with E-state index >= 15 is 0 Å². The first-order valence-corrected chi connectivity index (χ1v) is 9.61. The van der Waals surface area contributed by atoms with Crippen LogP contribution in [0.5, 0.6) is 11.5 Å². The van der Waals surface area contributed by atoms with Crippen molar-refractivity contribution in [3.05, 3.63) is 66.5 Å². The Bertz CT molecular complexity index is 1100. The fourth-order valence-corrected chi connectivity index (χ4v) is 4.07. The van der Waals surface area contributed by atoms with Crippen molar-refractivity contribution in [2.75, 3.05) is 18.5 Å². The number of anilines is 1. The number of thiazole rings is 1. The Morgan fingerprint density at radius 2 is 1.85 bits per heavy atom. The molecule has 6 heteroatoms. The van der Waals surface area contributed by atoms with Crippen LogP contribution in [0.4, 0.5) is 5.13 Å². The molecule has 2 aromatic heterocycles. The Kier molecular flexibility index (Phi) is 4.10. The highest BCUT2D eigenvalue weighted by Gasteiger charge is 2.15. The molecule has 0 bridgehead atoms. The molecule has 0 spiro atoms. The quantitative estimate of drug-likeness (QED) is 0.558. The van der Waals surface area contributed by atoms with Crippen LogP contribution in [0.1, 0.15) is 5.56 Å². The molecule has 0 amide bonds. The van der Waals surface area contributed by atoms with Gasteiger partial charge in [0.05, 0.1) is 10.2 Å². The molecule has 4 aromatic rings. The summed E-state index contributed by atoms with van der Waals surface area (Å²) in [6, 6.07) is 16.3. The zero-order valence-corrected chi connectivity index (χ0v) is 15.3. The van der Waals surface area contributed by atoms with Crippen molar-refractivity contribution >= 4 is 26.7 Å². The van der Waals surface area contributed by atoms with Crippen LogP contribution in [0.15, 0.2) is 60.9 Å². The largest absolute Gasteiger partial charge is 0.486 e. The molecule has 3 heterocycles. The van der Waals surface area contributed by atoms with E-state index in [1.54, 1.807) is 11.3 Å². The fourth-order valence-electron chi connectivity index (χ4n) is 3.17. The molecule has 1 aliphatic rings. The number of pyridine rings is 1. The van der Waals surface area contributed by atoms with Crippen LogP contribution in [-0.2, 0) is 6.54 Å². The van der Waals surface area contributed by atoms with E-state index in [1.165, 1.54) is 5.56 Å². The van der Waals surface area contributed by atoms with Crippen LogP contribution in [0.3, 0.4) is 0 Å². The number of para-hydroxylation sites is 1. The van der Waals surface area contributed by atoms with E-state index in [-0.39, 0.29) is 0 Å². The molecule has 5 nitrogen and oxygen atoms in total. The number of rotatable bonds is 4. The molecule has 0 atom stereocenters. The van der Waals surface area contributed by atoms with Crippen molar-refractivity contribution < 1.29 is 9.47 Å². The first-order chi connectivity index (χ1) is 13.4. The topological polar surface area (TPSA) is 56.3 Å². The van der Waals surface area contributed by atoms with Gasteiger partial charge in [0.1, 0.15) is 13.2 Å². The second-order valence-electron chi connectivity index (χ2n) is 6.23. The van der Waals surface area contributed by atoms with Gasteiger partial charge < -0.3 is 14.8 Å². The Labute approximate surface area is 160 Å². The number of aromatic nitrogens is 2. The second-order valence-corrected chi connectivity index (χ2v) is 7.26. The fraction of sp³-hybridized carbons (Fsp3) is 0.143. The number of benzene rings is 2. The molecule has 27 heavy (non-hydrogen) atoms. The van der Waals surface area contributed by atoms with Gasteiger partial charge in [-0.3, -0.25) is 4.98 Å². The summed E-state index contributed by atoms with van der Waals surface area (Å²) in [6.07, 6.45) is 3.62. The van der Waals surface area contributed by atoms with Gasteiger partial charge in [0, 0.05) is 24.5 Å². The Hall–Kier alpha value is -3.12. The lowest BCUT2D eigenvalue weighted by atomic mass is 10.1. The molecule has 0 saturated carbocycles. The van der Waals surface area contributed by atoms with Crippen LogP contribution in [-0.4, -0.2) is 23.2 Å². The zero-order valence-electron chi connectivity index (χ0n) is 14.5. The van der Waals surface area contributed by atoms with Gasteiger partial charge in [-0.25, -0.2) is 4.98 Å². The van der Waals surface area contributed by atoms with Crippen LogP contribution >= 0.6 is 11.3 Å². The molecule has 0 unspecified atom stereocenters. The van der Waals surface area contributed by atoms with Crippen molar-refractivity contribution in [3.63, 3.8) is 0 Å². The predicted octanol–water partition coefficient (Wildman–Crippen LogP) is 4.74. The van der Waals surface area contributed by atoms with E-state index in [4.69, 9.17) is 14.5 Å². The monoisotopic (exact) mass is 375 g/mol. The summed E-state index contributed by atoms with van der Waals surface area (Å²) >= 11 is 1.65. The predicted molar refractivity (Wildman–Crippen MR) is 108 cm³/mol. The normalized spacial score (nSPS) is 12.9. The third kappa shape index (κ3) is 3.19. The summed E-state index contributed by atoms with van der Waals surface area (Å²) in [7, 11) is 0. The highest BCUT2D eigenvalue weighted by Crippen LogP contribution is 2.35. The van der Waals surface area contributed by atoms with E-state index in [0.717, 1.165) is 38.0 Å². The molecule has 0 aliphatic carbocycles. The minimum Gasteiger partial charge on any atom is -0.486 e. The van der Waals surface area contributed by atoms with E-state index in [0.29, 0.717) is 19.8 Å². The van der Waals surface area contributed by atoms with Crippen LogP contribution in [0.25, 0.3) is 21.3 Å². The Balaban J connectivity index is 1.38. The molecule has 1 aliphatic heterocycles. The van der Waals surface area contributed by atoms with Gasteiger partial charge in [-0.15, -0.1) is 0 Å². The van der Waals surface area contributed by atoms with E-state index in [9.17, 15) is 0 Å². The Morgan fingerprint density at radius 3 is 2.78 bits per heavy atom. The number of hydrogen-bond acceptors (Lipinski definition) is 6. The van der Waals surface area contributed by atoms with E-state index in [2.05, 4.69) is 34.6 Å². The summed E-state index contributed by atoms with van der Waals surface area (Å²) in [4.78, 5) is 8.78. The second kappa shape index (κ2) is 6.89. The van der Waals surface area contributed by atoms with Crippen molar-refractivity contribution in [1.82, 2.24) is 9.97 Å². The lowest BCUT2D eigenvalue weighted by molar-refractivity contribution is 0.170. The third-order valence-corrected chi connectivity index (χ3v) is 5.46. The number of nitrogens with zero attached hydrogens (tertiary/aromatic N) is 2. The minimum absolute atomic E-state index is 0.586. The van der Waals surface area contributed by atoms with Crippen molar-refractivity contribution in [2.45, 2.75) is 6.54 Å². The molecule has 1 N–H and O–H groups in total. The molecular formula is C21H17N3O2S. The van der Waals surface area contributed by atoms with Crippen molar-refractivity contribution in [2.24, 2.45) is 0 Å². The van der Waals surface area contributed by atoms with Gasteiger partial charge in [-0.2, -0.15) is 0 Å². The lowest BCUT2D eigenvalue weighted by Crippen LogP contribution is -2.17. The average molecular weight is 375 g/mol. The van der Waals surface area contributed by atoms with Gasteiger partial charge in [0.15, 0.2) is 16.6 Å². The van der Waals surface area contributed by atoms with Crippen LogP contribution < -0.4 is 14.8 Å². The van der Waals surface area contributed by atoms with Gasteiger partial charge in [0.25, 0.3) is 0 Å². The highest BCUT2D eigenvalue weighted by atomic mass is 32.1. The van der Waals surface area contributed by atoms with Crippen LogP contribution in [0, 0.1) is 0 Å². The smallest absolute Gasteiger partial charge is 0.184 e. The lowest BCUT2D eigenvalue weighted by Gasteiger charge is -2.20. The van der Waals surface area contributed by atoms with E-state index in [1.807, 2.05) is 36.7 Å². The summed E-state index contributed by atoms with van der Waals surface area (Å²) in [5.74, 6) is 1.64. The summed E-state index contributed by atoms with van der Waals surface area (Å²) in [5, 5.41) is 4.32. The first-order valence-electron chi connectivity index (χ1n) is 8.79. The Morgan fingerprint density at radius 1 is 0.963 bits per heavy atom. The van der Waals surface area contributed by atoms with Gasteiger partial charge in [-0.1, -0.05) is 29.5 Å². The molecule has 0 radical (unpaired) electrons. The number of ether oxygens (including phenoxy) is 2. The molecular weight excluding hydrogens is 358 g/mol. The summed E-state index contributed by atoms with van der Waals surface area (Å²) in [6.45, 7) is 1.83. The number of fused-ring (bicyclic) bond motifs is 2. The van der Waals surface area contributed by atoms with Crippen LogP contribution in [0.2, 0.25) is 0 Å². The maximum absolute atomic E-state index is 5.78.